The van der Waals surface area contributed by atoms with Gasteiger partial charge in [-0.05, 0) is 60.4 Å². The minimum atomic E-state index is -4.20. The van der Waals surface area contributed by atoms with Crippen LogP contribution in [0.25, 0.3) is 0 Å². The molecule has 1 aliphatic rings. The second-order valence-corrected chi connectivity index (χ2v) is 10.1. The van der Waals surface area contributed by atoms with E-state index in [1.54, 1.807) is 18.2 Å². The molecular formula is C23H17Cl2F2NO3S. The predicted molar refractivity (Wildman–Crippen MR) is 120 cm³/mol. The highest BCUT2D eigenvalue weighted by atomic mass is 35.5. The number of fused-ring (bicyclic) bond motifs is 1. The maximum absolute atomic E-state index is 14.4. The van der Waals surface area contributed by atoms with E-state index in [2.05, 4.69) is 0 Å². The van der Waals surface area contributed by atoms with Gasteiger partial charge in [-0.3, -0.25) is 9.10 Å². The normalized spacial score (nSPS) is 13.7. The van der Waals surface area contributed by atoms with Gasteiger partial charge in [-0.2, -0.15) is 0 Å². The second-order valence-electron chi connectivity index (χ2n) is 7.42. The number of hydrogen-bond donors (Lipinski definition) is 0. The lowest BCUT2D eigenvalue weighted by atomic mass is 9.97. The van der Waals surface area contributed by atoms with E-state index in [1.807, 2.05) is 0 Å². The third-order valence-corrected chi connectivity index (χ3v) is 7.69. The molecule has 0 spiro atoms. The van der Waals surface area contributed by atoms with Crippen LogP contribution in [0.3, 0.4) is 0 Å². The zero-order valence-corrected chi connectivity index (χ0v) is 18.9. The predicted octanol–water partition coefficient (Wildman–Crippen LogP) is 5.84. The number of aryl methyl sites for hydroxylation is 1. The van der Waals surface area contributed by atoms with E-state index in [0.717, 1.165) is 28.1 Å². The van der Waals surface area contributed by atoms with Crippen LogP contribution < -0.4 is 4.31 Å². The molecule has 0 N–H and O–H groups in total. The van der Waals surface area contributed by atoms with E-state index < -0.39 is 32.3 Å². The number of benzene rings is 3. The molecule has 0 saturated heterocycles. The van der Waals surface area contributed by atoms with Crippen LogP contribution in [0.5, 0.6) is 0 Å². The van der Waals surface area contributed by atoms with Crippen molar-refractivity contribution in [1.29, 1.82) is 0 Å². The van der Waals surface area contributed by atoms with Gasteiger partial charge in [0.05, 0.1) is 16.3 Å². The maximum atomic E-state index is 14.4. The van der Waals surface area contributed by atoms with Gasteiger partial charge in [0, 0.05) is 18.0 Å². The third-order valence-electron chi connectivity index (χ3n) is 5.29. The molecule has 1 heterocycles. The molecule has 0 unspecified atom stereocenters. The Balaban J connectivity index is 1.70. The molecule has 0 aromatic heterocycles. The Morgan fingerprint density at radius 2 is 1.78 bits per heavy atom. The average Bonchev–Trinajstić information content (AvgIpc) is 2.72. The monoisotopic (exact) mass is 495 g/mol. The fraction of sp³-hybridized carbons (Fsp3) is 0.174. The lowest BCUT2D eigenvalue weighted by molar-refractivity contribution is 0.0989. The van der Waals surface area contributed by atoms with Crippen LogP contribution in [0.15, 0.2) is 59.5 Å². The van der Waals surface area contributed by atoms with Crippen molar-refractivity contribution in [1.82, 2.24) is 0 Å². The van der Waals surface area contributed by atoms with Crippen LogP contribution in [0.1, 0.15) is 27.9 Å². The van der Waals surface area contributed by atoms with Gasteiger partial charge < -0.3 is 0 Å². The maximum Gasteiger partial charge on any atom is 0.267 e. The van der Waals surface area contributed by atoms with Crippen molar-refractivity contribution in [2.75, 3.05) is 10.8 Å². The van der Waals surface area contributed by atoms with E-state index in [9.17, 15) is 22.0 Å². The highest BCUT2D eigenvalue weighted by molar-refractivity contribution is 7.92. The molecule has 1 aliphatic heterocycles. The highest BCUT2D eigenvalue weighted by Crippen LogP contribution is 2.34. The first-order chi connectivity index (χ1) is 15.2. The zero-order valence-electron chi connectivity index (χ0n) is 16.6. The molecule has 4 nitrogen and oxygen atoms in total. The van der Waals surface area contributed by atoms with Crippen molar-refractivity contribution < 1.29 is 22.0 Å². The summed E-state index contributed by atoms with van der Waals surface area (Å²) < 4.78 is 56.1. The highest BCUT2D eigenvalue weighted by Gasteiger charge is 2.31. The Kier molecular flexibility index (Phi) is 6.25. The van der Waals surface area contributed by atoms with E-state index >= 15 is 0 Å². The van der Waals surface area contributed by atoms with Crippen LogP contribution in [-0.2, 0) is 22.9 Å². The van der Waals surface area contributed by atoms with Crippen LogP contribution in [0, 0.1) is 11.6 Å². The van der Waals surface area contributed by atoms with Gasteiger partial charge in [0.1, 0.15) is 16.5 Å². The van der Waals surface area contributed by atoms with Crippen molar-refractivity contribution in [3.63, 3.8) is 0 Å². The summed E-state index contributed by atoms with van der Waals surface area (Å²) in [6, 6.07) is 12.4. The molecule has 0 amide bonds. The molecule has 3 aromatic carbocycles. The van der Waals surface area contributed by atoms with Gasteiger partial charge in [-0.15, -0.1) is 0 Å². The lowest BCUT2D eigenvalue weighted by Crippen LogP contribution is -2.36. The molecule has 32 heavy (non-hydrogen) atoms. The fourth-order valence-corrected chi connectivity index (χ4v) is 5.80. The van der Waals surface area contributed by atoms with Gasteiger partial charge in [-0.25, -0.2) is 17.2 Å². The summed E-state index contributed by atoms with van der Waals surface area (Å²) in [5.41, 5.74) is 1.41. The first-order valence-electron chi connectivity index (χ1n) is 9.75. The van der Waals surface area contributed by atoms with Gasteiger partial charge >= 0.3 is 0 Å². The lowest BCUT2D eigenvalue weighted by Gasteiger charge is -2.31. The van der Waals surface area contributed by atoms with E-state index in [-0.39, 0.29) is 28.6 Å². The van der Waals surface area contributed by atoms with Crippen molar-refractivity contribution in [2.24, 2.45) is 0 Å². The first kappa shape index (κ1) is 22.7. The van der Waals surface area contributed by atoms with Crippen molar-refractivity contribution >= 4 is 44.7 Å². The van der Waals surface area contributed by atoms with Crippen molar-refractivity contribution in [3.8, 4) is 0 Å². The van der Waals surface area contributed by atoms with Crippen molar-refractivity contribution in [3.05, 3.63) is 93.0 Å². The van der Waals surface area contributed by atoms with Crippen LogP contribution in [-0.4, -0.2) is 20.7 Å². The number of hydrogen-bond acceptors (Lipinski definition) is 3. The molecule has 0 aliphatic carbocycles. The fourth-order valence-electron chi connectivity index (χ4n) is 3.79. The van der Waals surface area contributed by atoms with E-state index in [4.69, 9.17) is 23.2 Å². The zero-order chi connectivity index (χ0) is 23.0. The Bertz CT molecular complexity index is 1310. The van der Waals surface area contributed by atoms with E-state index in [1.165, 1.54) is 18.2 Å². The molecule has 166 valence electrons. The first-order valence-corrected chi connectivity index (χ1v) is 11.9. The minimum Gasteiger partial charge on any atom is -0.294 e. The van der Waals surface area contributed by atoms with Crippen LogP contribution in [0.2, 0.25) is 10.0 Å². The number of nitrogens with zero attached hydrogens (tertiary/aromatic N) is 1. The van der Waals surface area contributed by atoms with Crippen LogP contribution >= 0.6 is 23.2 Å². The number of rotatable bonds is 5. The molecule has 0 bridgehead atoms. The minimum absolute atomic E-state index is 0.00961. The number of carbonyl (C=O) groups excluding carboxylic acids is 1. The quantitative estimate of drug-likeness (QED) is 0.417. The molecule has 0 radical (unpaired) electrons. The molecule has 0 saturated carbocycles. The molecule has 0 atom stereocenters. The summed E-state index contributed by atoms with van der Waals surface area (Å²) in [6.45, 7) is 0.161. The van der Waals surface area contributed by atoms with Crippen molar-refractivity contribution in [2.45, 2.75) is 24.2 Å². The molecule has 3 aromatic rings. The summed E-state index contributed by atoms with van der Waals surface area (Å²) in [7, 11) is -4.20. The average molecular weight is 496 g/mol. The van der Waals surface area contributed by atoms with Gasteiger partial charge in [0.15, 0.2) is 5.78 Å². The molecule has 4 rings (SSSR count). The molecule has 9 heteroatoms. The van der Waals surface area contributed by atoms with Crippen LogP contribution in [0.4, 0.5) is 14.5 Å². The van der Waals surface area contributed by atoms with Gasteiger partial charge in [0.2, 0.25) is 0 Å². The largest absolute Gasteiger partial charge is 0.294 e. The number of halogens is 4. The Morgan fingerprint density at radius 3 is 2.50 bits per heavy atom. The second kappa shape index (κ2) is 8.81. The Labute approximate surface area is 194 Å². The summed E-state index contributed by atoms with van der Waals surface area (Å²) >= 11 is 11.7. The van der Waals surface area contributed by atoms with E-state index in [0.29, 0.717) is 24.1 Å². The number of Topliss-reactive ketones (excluding diaryl/α,β-unsaturated/α-hetero) is 1. The smallest absolute Gasteiger partial charge is 0.267 e. The number of carbonyl (C=O) groups is 1. The topological polar surface area (TPSA) is 54.5 Å². The number of anilines is 1. The van der Waals surface area contributed by atoms with Gasteiger partial charge in [-0.1, -0.05) is 41.4 Å². The van der Waals surface area contributed by atoms with Gasteiger partial charge in [0.25, 0.3) is 10.0 Å². The standard InChI is InChI=1S/C23H17Cl2F2NO3S/c24-16-8-9-22(19(27)13-16)32(30,31)28-10-2-3-15-7-6-14(11-20(15)28)12-21(29)23-17(25)4-1-5-18(23)26/h1,4-9,11,13H,2-3,10,12H2. The number of ketones is 1. The third kappa shape index (κ3) is 4.25. The Morgan fingerprint density at radius 1 is 1.00 bits per heavy atom. The molecular weight excluding hydrogens is 479 g/mol. The summed E-state index contributed by atoms with van der Waals surface area (Å²) in [5.74, 6) is -2.19. The molecule has 0 fully saturated rings. The number of sulfonamides is 1. The summed E-state index contributed by atoms with van der Waals surface area (Å²) in [6.07, 6.45) is 1.03. The summed E-state index contributed by atoms with van der Waals surface area (Å²) in [4.78, 5) is 12.2. The summed E-state index contributed by atoms with van der Waals surface area (Å²) in [5, 5.41) is 0.100. The Hall–Kier alpha value is -2.48. The SMILES string of the molecule is O=C(Cc1ccc2c(c1)N(S(=O)(=O)c1ccc(Cl)cc1F)CCC2)c1c(F)cccc1Cl.